The molecule has 0 bridgehead atoms. The predicted molar refractivity (Wildman–Crippen MR) is 71.4 cm³/mol. The lowest BCUT2D eigenvalue weighted by atomic mass is 10.2. The van der Waals surface area contributed by atoms with Crippen LogP contribution in [-0.4, -0.2) is 62.9 Å². The maximum absolute atomic E-state index is 12.1. The normalized spacial score (nSPS) is 19.8. The molecule has 21 heavy (non-hydrogen) atoms. The first-order valence-electron chi connectivity index (χ1n) is 6.51. The summed E-state index contributed by atoms with van der Waals surface area (Å²) in [5.41, 5.74) is 0. The van der Waals surface area contributed by atoms with Crippen LogP contribution in [0.1, 0.15) is 6.92 Å². The molecule has 1 aromatic rings. The fourth-order valence-corrected chi connectivity index (χ4v) is 2.10. The Hall–Kier alpha value is -2.58. The molecule has 0 aliphatic carbocycles. The average molecular weight is 295 g/mol. The Labute approximate surface area is 120 Å². The summed E-state index contributed by atoms with van der Waals surface area (Å²) < 4.78 is 1.66. The van der Waals surface area contributed by atoms with Crippen LogP contribution in [0.2, 0.25) is 0 Å². The third-order valence-electron chi connectivity index (χ3n) is 3.12. The molecule has 2 unspecified atom stereocenters. The highest BCUT2D eigenvalue weighted by atomic mass is 16.4. The van der Waals surface area contributed by atoms with Gasteiger partial charge in [-0.05, 0) is 13.0 Å². The SMILES string of the molecule is CC(Cn1cccn1)NC(=O)N1CC(=O)NCC1C(=O)O. The van der Waals surface area contributed by atoms with Crippen molar-refractivity contribution in [3.8, 4) is 0 Å². The number of urea groups is 1. The molecule has 3 amide bonds. The van der Waals surface area contributed by atoms with E-state index in [1.807, 2.05) is 0 Å². The zero-order chi connectivity index (χ0) is 15.4. The molecular weight excluding hydrogens is 278 g/mol. The van der Waals surface area contributed by atoms with Crippen LogP contribution in [0.5, 0.6) is 0 Å². The number of rotatable bonds is 4. The summed E-state index contributed by atoms with van der Waals surface area (Å²) in [4.78, 5) is 35.6. The van der Waals surface area contributed by atoms with Crippen molar-refractivity contribution in [2.45, 2.75) is 25.6 Å². The van der Waals surface area contributed by atoms with E-state index in [1.54, 1.807) is 30.1 Å². The number of hydrogen-bond acceptors (Lipinski definition) is 4. The first-order valence-corrected chi connectivity index (χ1v) is 6.51. The molecule has 1 aromatic heterocycles. The van der Waals surface area contributed by atoms with Crippen molar-refractivity contribution in [1.29, 1.82) is 0 Å². The summed E-state index contributed by atoms with van der Waals surface area (Å²) in [7, 11) is 0. The van der Waals surface area contributed by atoms with Crippen molar-refractivity contribution < 1.29 is 19.5 Å². The highest BCUT2D eigenvalue weighted by molar-refractivity contribution is 5.90. The van der Waals surface area contributed by atoms with E-state index in [-0.39, 0.29) is 25.0 Å². The Kier molecular flexibility index (Phi) is 4.41. The van der Waals surface area contributed by atoms with E-state index < -0.39 is 18.0 Å². The smallest absolute Gasteiger partial charge is 0.328 e. The highest BCUT2D eigenvalue weighted by Crippen LogP contribution is 2.05. The second-order valence-corrected chi connectivity index (χ2v) is 4.86. The molecule has 3 N–H and O–H groups in total. The molecule has 1 aliphatic heterocycles. The van der Waals surface area contributed by atoms with Gasteiger partial charge in [-0.1, -0.05) is 0 Å². The van der Waals surface area contributed by atoms with Gasteiger partial charge in [-0.15, -0.1) is 0 Å². The molecule has 0 saturated carbocycles. The van der Waals surface area contributed by atoms with Gasteiger partial charge in [0.2, 0.25) is 5.91 Å². The van der Waals surface area contributed by atoms with Crippen molar-refractivity contribution >= 4 is 17.9 Å². The minimum Gasteiger partial charge on any atom is -0.480 e. The first kappa shape index (κ1) is 14.8. The minimum absolute atomic E-state index is 0.0882. The number of nitrogens with one attached hydrogen (secondary N) is 2. The second kappa shape index (κ2) is 6.25. The monoisotopic (exact) mass is 295 g/mol. The number of amides is 3. The Morgan fingerprint density at radius 2 is 2.38 bits per heavy atom. The van der Waals surface area contributed by atoms with Gasteiger partial charge in [-0.3, -0.25) is 14.4 Å². The third kappa shape index (κ3) is 3.71. The Morgan fingerprint density at radius 3 is 3.00 bits per heavy atom. The van der Waals surface area contributed by atoms with E-state index in [9.17, 15) is 14.4 Å². The van der Waals surface area contributed by atoms with Crippen molar-refractivity contribution in [3.63, 3.8) is 0 Å². The third-order valence-corrected chi connectivity index (χ3v) is 3.12. The van der Waals surface area contributed by atoms with Gasteiger partial charge >= 0.3 is 12.0 Å². The molecule has 1 aliphatic rings. The predicted octanol–water partition coefficient (Wildman–Crippen LogP) is -1.13. The van der Waals surface area contributed by atoms with Gasteiger partial charge in [-0.25, -0.2) is 9.59 Å². The van der Waals surface area contributed by atoms with E-state index in [0.717, 1.165) is 4.90 Å². The summed E-state index contributed by atoms with van der Waals surface area (Å²) in [5.74, 6) is -1.52. The van der Waals surface area contributed by atoms with Gasteiger partial charge < -0.3 is 15.7 Å². The number of carbonyl (C=O) groups is 3. The number of carbonyl (C=O) groups excluding carboxylic acids is 2. The topological polar surface area (TPSA) is 117 Å². The molecule has 2 heterocycles. The van der Waals surface area contributed by atoms with Gasteiger partial charge in [-0.2, -0.15) is 5.10 Å². The number of carboxylic acids is 1. The molecule has 1 saturated heterocycles. The van der Waals surface area contributed by atoms with Crippen LogP contribution >= 0.6 is 0 Å². The fraction of sp³-hybridized carbons (Fsp3) is 0.500. The van der Waals surface area contributed by atoms with Gasteiger partial charge in [0.05, 0.1) is 6.54 Å². The molecule has 1 fully saturated rings. The summed E-state index contributed by atoms with van der Waals surface area (Å²) >= 11 is 0. The summed E-state index contributed by atoms with van der Waals surface area (Å²) in [6, 6.07) is -0.113. The average Bonchev–Trinajstić information content (AvgIpc) is 2.90. The maximum atomic E-state index is 12.1. The highest BCUT2D eigenvalue weighted by Gasteiger charge is 2.35. The lowest BCUT2D eigenvalue weighted by Gasteiger charge is -2.33. The molecule has 9 heteroatoms. The molecule has 9 nitrogen and oxygen atoms in total. The molecule has 2 atom stereocenters. The number of carboxylic acid groups (broad SMARTS) is 1. The first-order chi connectivity index (χ1) is 9.97. The Bertz CT molecular complexity index is 530. The number of aliphatic carboxylic acids is 1. The van der Waals surface area contributed by atoms with Crippen LogP contribution in [0.25, 0.3) is 0 Å². The van der Waals surface area contributed by atoms with Crippen LogP contribution < -0.4 is 10.6 Å². The molecule has 0 spiro atoms. The lowest BCUT2D eigenvalue weighted by Crippen LogP contribution is -2.62. The van der Waals surface area contributed by atoms with E-state index >= 15 is 0 Å². The summed E-state index contributed by atoms with van der Waals surface area (Å²) in [6.07, 6.45) is 3.39. The maximum Gasteiger partial charge on any atom is 0.328 e. The zero-order valence-electron chi connectivity index (χ0n) is 11.5. The van der Waals surface area contributed by atoms with Crippen LogP contribution in [0.3, 0.4) is 0 Å². The number of nitrogens with zero attached hydrogens (tertiary/aromatic N) is 3. The molecule has 0 aromatic carbocycles. The van der Waals surface area contributed by atoms with E-state index in [0.29, 0.717) is 6.54 Å². The van der Waals surface area contributed by atoms with Crippen LogP contribution in [-0.2, 0) is 16.1 Å². The number of aromatic nitrogens is 2. The second-order valence-electron chi connectivity index (χ2n) is 4.86. The minimum atomic E-state index is -1.15. The standard InChI is InChI=1S/C12H17N5O4/c1-8(6-16-4-2-3-14-16)15-12(21)17-7-10(18)13-5-9(17)11(19)20/h2-4,8-9H,5-7H2,1H3,(H,13,18)(H,15,21)(H,19,20). The molecule has 0 radical (unpaired) electrons. The summed E-state index contributed by atoms with van der Waals surface area (Å²) in [6.45, 7) is 1.88. The van der Waals surface area contributed by atoms with E-state index in [2.05, 4.69) is 15.7 Å². The van der Waals surface area contributed by atoms with E-state index in [4.69, 9.17) is 5.11 Å². The van der Waals surface area contributed by atoms with Gasteiger partial charge in [0.25, 0.3) is 0 Å². The van der Waals surface area contributed by atoms with Crippen molar-refractivity contribution in [2.24, 2.45) is 0 Å². The van der Waals surface area contributed by atoms with Crippen LogP contribution in [0.15, 0.2) is 18.5 Å². The van der Waals surface area contributed by atoms with Crippen molar-refractivity contribution in [1.82, 2.24) is 25.3 Å². The molecule has 114 valence electrons. The zero-order valence-corrected chi connectivity index (χ0v) is 11.5. The largest absolute Gasteiger partial charge is 0.480 e. The van der Waals surface area contributed by atoms with Gasteiger partial charge in [0.15, 0.2) is 0 Å². The quantitative estimate of drug-likeness (QED) is 0.649. The Balaban J connectivity index is 1.96. The van der Waals surface area contributed by atoms with Gasteiger partial charge in [0, 0.05) is 25.0 Å². The molecule has 2 rings (SSSR count). The Morgan fingerprint density at radius 1 is 1.62 bits per heavy atom. The van der Waals surface area contributed by atoms with Gasteiger partial charge in [0.1, 0.15) is 12.6 Å². The summed E-state index contributed by atoms with van der Waals surface area (Å²) in [5, 5.41) is 18.2. The van der Waals surface area contributed by atoms with Crippen molar-refractivity contribution in [2.75, 3.05) is 13.1 Å². The molecular formula is C12H17N5O4. The van der Waals surface area contributed by atoms with Crippen LogP contribution in [0.4, 0.5) is 4.79 Å². The van der Waals surface area contributed by atoms with Crippen LogP contribution in [0, 0.1) is 0 Å². The lowest BCUT2D eigenvalue weighted by molar-refractivity contribution is -0.144. The fourth-order valence-electron chi connectivity index (χ4n) is 2.10. The van der Waals surface area contributed by atoms with E-state index in [1.165, 1.54) is 0 Å². The number of piperazine rings is 1. The van der Waals surface area contributed by atoms with Crippen molar-refractivity contribution in [3.05, 3.63) is 18.5 Å². The number of hydrogen-bond donors (Lipinski definition) is 3.